The highest BCUT2D eigenvalue weighted by atomic mass is 79.9. The van der Waals surface area contributed by atoms with E-state index in [0.29, 0.717) is 22.4 Å². The molecule has 0 spiro atoms. The summed E-state index contributed by atoms with van der Waals surface area (Å²) >= 11 is 3.52. The first-order valence-electron chi connectivity index (χ1n) is 10.2. The number of benzene rings is 3. The molecule has 0 radical (unpaired) electrons. The Morgan fingerprint density at radius 3 is 2.12 bits per heavy atom. The van der Waals surface area contributed by atoms with Crippen molar-refractivity contribution < 1.29 is 14.0 Å². The molecule has 0 saturated carbocycles. The van der Waals surface area contributed by atoms with Gasteiger partial charge in [0.05, 0.1) is 36.5 Å². The Bertz CT molecular complexity index is 1280. The maximum absolute atomic E-state index is 14.8. The first-order chi connectivity index (χ1) is 15.3. The molecule has 0 saturated heterocycles. The second kappa shape index (κ2) is 7.46. The number of hydrogen-bond donors (Lipinski definition) is 0. The highest BCUT2D eigenvalue weighted by Gasteiger charge is 2.49. The lowest BCUT2D eigenvalue weighted by atomic mass is 9.99. The van der Waals surface area contributed by atoms with Gasteiger partial charge in [-0.15, -0.1) is 0 Å². The van der Waals surface area contributed by atoms with Gasteiger partial charge in [-0.2, -0.15) is 0 Å². The number of quaternary nitrogens is 1. The standard InChI is InChI=1S/C25H20BrFN3O2/c1-30(2)21-12-11-15(26)13-19(21)23(18-9-5-6-10-20(18)27)28-14-22(30)29-24(31)16-7-3-4-8-17(16)25(29)32/h3-13,22H,14H2,1-2H3/q+1. The van der Waals surface area contributed by atoms with E-state index in [4.69, 9.17) is 4.99 Å². The van der Waals surface area contributed by atoms with Gasteiger partial charge in [-0.1, -0.05) is 40.2 Å². The molecule has 3 aromatic rings. The molecule has 2 heterocycles. The van der Waals surface area contributed by atoms with E-state index in [1.807, 2.05) is 32.3 Å². The number of fused-ring (bicyclic) bond motifs is 2. The van der Waals surface area contributed by atoms with Gasteiger partial charge in [0.25, 0.3) is 11.8 Å². The summed E-state index contributed by atoms with van der Waals surface area (Å²) < 4.78 is 15.8. The molecular formula is C25H20BrFN3O2+. The summed E-state index contributed by atoms with van der Waals surface area (Å²) in [5.74, 6) is -1.03. The fourth-order valence-electron chi connectivity index (χ4n) is 4.56. The van der Waals surface area contributed by atoms with Gasteiger partial charge in [0.15, 0.2) is 6.17 Å². The van der Waals surface area contributed by atoms with Crippen LogP contribution in [0.1, 0.15) is 31.8 Å². The van der Waals surface area contributed by atoms with Crippen LogP contribution in [0.5, 0.6) is 0 Å². The molecule has 1 unspecified atom stereocenters. The molecule has 5 nitrogen and oxygen atoms in total. The number of hydrogen-bond acceptors (Lipinski definition) is 3. The monoisotopic (exact) mass is 492 g/mol. The van der Waals surface area contributed by atoms with Crippen LogP contribution in [0, 0.1) is 5.82 Å². The minimum atomic E-state index is -0.591. The number of nitrogens with zero attached hydrogens (tertiary/aromatic N) is 3. The Morgan fingerprint density at radius 1 is 0.906 bits per heavy atom. The normalized spacial score (nSPS) is 19.3. The van der Waals surface area contributed by atoms with Crippen LogP contribution in [-0.4, -0.2) is 49.2 Å². The fourth-order valence-corrected chi connectivity index (χ4v) is 4.92. The van der Waals surface area contributed by atoms with Gasteiger partial charge in [0.1, 0.15) is 18.0 Å². The van der Waals surface area contributed by atoms with Crippen LogP contribution in [-0.2, 0) is 0 Å². The predicted molar refractivity (Wildman–Crippen MR) is 125 cm³/mol. The van der Waals surface area contributed by atoms with Crippen molar-refractivity contribution in [2.45, 2.75) is 6.17 Å². The molecule has 7 heteroatoms. The van der Waals surface area contributed by atoms with Crippen LogP contribution in [0.3, 0.4) is 0 Å². The van der Waals surface area contributed by atoms with E-state index in [0.717, 1.165) is 15.7 Å². The zero-order valence-corrected chi connectivity index (χ0v) is 19.1. The molecule has 0 aromatic heterocycles. The number of likely N-dealkylation sites (N-methyl/N-ethyl adjacent to an activating group) is 1. The first-order valence-corrected chi connectivity index (χ1v) is 11.0. The second-order valence-electron chi connectivity index (χ2n) is 8.38. The van der Waals surface area contributed by atoms with Crippen molar-refractivity contribution in [3.63, 3.8) is 0 Å². The van der Waals surface area contributed by atoms with Gasteiger partial charge in [0, 0.05) is 16.1 Å². The zero-order valence-electron chi connectivity index (χ0n) is 17.5. The number of aliphatic imine (C=N–C) groups is 1. The van der Waals surface area contributed by atoms with Crippen molar-refractivity contribution in [2.75, 3.05) is 20.6 Å². The Kier molecular flexibility index (Phi) is 4.83. The van der Waals surface area contributed by atoms with Crippen LogP contribution < -0.4 is 4.48 Å². The molecule has 2 aliphatic heterocycles. The van der Waals surface area contributed by atoms with Crippen LogP contribution in [0.2, 0.25) is 0 Å². The third-order valence-corrected chi connectivity index (χ3v) is 6.74. The molecule has 32 heavy (non-hydrogen) atoms. The lowest BCUT2D eigenvalue weighted by Gasteiger charge is -2.40. The zero-order chi connectivity index (χ0) is 22.6. The van der Waals surface area contributed by atoms with Gasteiger partial charge in [-0.25, -0.2) is 9.29 Å². The lowest BCUT2D eigenvalue weighted by molar-refractivity contribution is 0.0438. The number of rotatable bonds is 2. The van der Waals surface area contributed by atoms with Crippen LogP contribution in [0.25, 0.3) is 0 Å². The summed E-state index contributed by atoms with van der Waals surface area (Å²) in [6, 6.07) is 19.1. The lowest BCUT2D eigenvalue weighted by Crippen LogP contribution is -2.61. The largest absolute Gasteiger partial charge is 0.275 e. The number of halogens is 2. The minimum Gasteiger partial charge on any atom is -0.275 e. The van der Waals surface area contributed by atoms with E-state index >= 15 is 0 Å². The molecule has 5 rings (SSSR count). The summed E-state index contributed by atoms with van der Waals surface area (Å²) in [5.41, 5.74) is 3.29. The van der Waals surface area contributed by atoms with E-state index in [-0.39, 0.29) is 28.7 Å². The maximum Gasteiger partial charge on any atom is 0.266 e. The van der Waals surface area contributed by atoms with E-state index < -0.39 is 6.17 Å². The molecule has 0 aliphatic carbocycles. The molecule has 0 N–H and O–H groups in total. The summed E-state index contributed by atoms with van der Waals surface area (Å²) in [6.45, 7) is 0.147. The summed E-state index contributed by atoms with van der Waals surface area (Å²) in [5, 5.41) is 0. The van der Waals surface area contributed by atoms with E-state index in [1.165, 1.54) is 11.0 Å². The third kappa shape index (κ3) is 3.04. The van der Waals surface area contributed by atoms with Gasteiger partial charge in [0.2, 0.25) is 0 Å². The van der Waals surface area contributed by atoms with Crippen LogP contribution >= 0.6 is 15.9 Å². The van der Waals surface area contributed by atoms with Crippen molar-refractivity contribution in [2.24, 2.45) is 4.99 Å². The Balaban J connectivity index is 1.70. The van der Waals surface area contributed by atoms with Crippen molar-refractivity contribution in [3.8, 4) is 0 Å². The Labute approximate surface area is 193 Å². The molecule has 2 amide bonds. The third-order valence-electron chi connectivity index (χ3n) is 6.24. The highest BCUT2D eigenvalue weighted by molar-refractivity contribution is 9.10. The predicted octanol–water partition coefficient (Wildman–Crippen LogP) is 4.63. The van der Waals surface area contributed by atoms with Crippen molar-refractivity contribution in [1.29, 1.82) is 0 Å². The topological polar surface area (TPSA) is 49.7 Å². The van der Waals surface area contributed by atoms with Crippen molar-refractivity contribution >= 4 is 39.1 Å². The van der Waals surface area contributed by atoms with E-state index in [2.05, 4.69) is 15.9 Å². The molecule has 1 atom stereocenters. The maximum atomic E-state index is 14.8. The Morgan fingerprint density at radius 2 is 1.50 bits per heavy atom. The summed E-state index contributed by atoms with van der Waals surface area (Å²) in [4.78, 5) is 32.6. The number of carbonyl (C=O) groups excluding carboxylic acids is 2. The molecule has 0 bridgehead atoms. The average Bonchev–Trinajstić information content (AvgIpc) is 2.95. The van der Waals surface area contributed by atoms with E-state index in [9.17, 15) is 14.0 Å². The summed E-state index contributed by atoms with van der Waals surface area (Å²) in [6.07, 6.45) is -0.591. The number of benzodiazepines with no additional fused rings is 1. The fraction of sp³-hybridized carbons (Fsp3) is 0.160. The summed E-state index contributed by atoms with van der Waals surface area (Å²) in [7, 11) is 3.89. The second-order valence-corrected chi connectivity index (χ2v) is 9.29. The first kappa shape index (κ1) is 20.7. The molecular weight excluding hydrogens is 473 g/mol. The quantitative estimate of drug-likeness (QED) is 0.386. The highest BCUT2D eigenvalue weighted by Crippen LogP contribution is 2.37. The minimum absolute atomic E-state index is 0.147. The van der Waals surface area contributed by atoms with E-state index in [1.54, 1.807) is 42.5 Å². The SMILES string of the molecule is C[N+]1(C)c2ccc(Br)cc2C(c2ccccc2F)=NCC1N1C(=O)c2ccccc2C1=O. The molecule has 2 aliphatic rings. The van der Waals surface area contributed by atoms with Crippen LogP contribution in [0.15, 0.2) is 76.2 Å². The smallest absolute Gasteiger partial charge is 0.266 e. The number of carbonyl (C=O) groups is 2. The number of imide groups is 1. The van der Waals surface area contributed by atoms with Gasteiger partial charge < -0.3 is 0 Å². The average molecular weight is 493 g/mol. The number of amides is 2. The Hall–Kier alpha value is -3.16. The molecule has 0 fully saturated rings. The molecule has 3 aromatic carbocycles. The van der Waals surface area contributed by atoms with Gasteiger partial charge in [-0.3, -0.25) is 19.1 Å². The van der Waals surface area contributed by atoms with Gasteiger partial charge in [-0.05, 0) is 36.4 Å². The van der Waals surface area contributed by atoms with Gasteiger partial charge >= 0.3 is 0 Å². The van der Waals surface area contributed by atoms with Crippen LogP contribution in [0.4, 0.5) is 10.1 Å². The van der Waals surface area contributed by atoms with Crippen molar-refractivity contribution in [3.05, 3.63) is 99.3 Å². The van der Waals surface area contributed by atoms with Crippen molar-refractivity contribution in [1.82, 2.24) is 9.38 Å². The molecule has 160 valence electrons.